The smallest absolute Gasteiger partial charge is 0.243 e. The first kappa shape index (κ1) is 27.9. The fourth-order valence-electron chi connectivity index (χ4n) is 4.37. The summed E-state index contributed by atoms with van der Waals surface area (Å²) in [6.45, 7) is 1.11. The number of H-pyrrole nitrogens is 1. The molecule has 1 amide bonds. The minimum absolute atomic E-state index is 0.0977. The Labute approximate surface area is 229 Å². The minimum Gasteiger partial charge on any atom is -0.385 e. The molecule has 0 aliphatic carbocycles. The first-order chi connectivity index (χ1) is 18.4. The van der Waals surface area contributed by atoms with Crippen molar-refractivity contribution in [3.05, 3.63) is 101 Å². The van der Waals surface area contributed by atoms with Gasteiger partial charge in [0, 0.05) is 55.5 Å². The molecule has 4 rings (SSSR count). The number of hydrogen-bond acceptors (Lipinski definition) is 4. The summed E-state index contributed by atoms with van der Waals surface area (Å²) >= 11 is 5.97. The van der Waals surface area contributed by atoms with Gasteiger partial charge in [-0.05, 0) is 54.3 Å². The average Bonchev–Trinajstić information content (AvgIpc) is 3.34. The molecule has 4 aromatic rings. The van der Waals surface area contributed by atoms with Crippen molar-refractivity contribution in [2.75, 3.05) is 33.4 Å². The van der Waals surface area contributed by atoms with Gasteiger partial charge in [-0.15, -0.1) is 0 Å². The molecule has 38 heavy (non-hydrogen) atoms. The third-order valence-corrected chi connectivity index (χ3v) is 8.53. The van der Waals surface area contributed by atoms with Crippen LogP contribution >= 0.6 is 11.6 Å². The number of nitrogens with zero attached hydrogens (tertiary/aromatic N) is 2. The Morgan fingerprint density at radius 1 is 0.947 bits per heavy atom. The fraction of sp³-hybridized carbons (Fsp3) is 0.276. The number of amides is 1. The summed E-state index contributed by atoms with van der Waals surface area (Å²) in [7, 11) is -2.36. The van der Waals surface area contributed by atoms with Crippen LogP contribution in [0, 0.1) is 0 Å². The van der Waals surface area contributed by atoms with Gasteiger partial charge in [-0.3, -0.25) is 4.79 Å². The number of ether oxygens (including phenoxy) is 1. The zero-order valence-electron chi connectivity index (χ0n) is 21.3. The molecule has 0 unspecified atom stereocenters. The van der Waals surface area contributed by atoms with Crippen LogP contribution in [0.1, 0.15) is 17.5 Å². The van der Waals surface area contributed by atoms with Crippen molar-refractivity contribution in [1.82, 2.24) is 14.2 Å². The van der Waals surface area contributed by atoms with Crippen molar-refractivity contribution in [2.24, 2.45) is 0 Å². The number of rotatable bonds is 13. The molecule has 0 aliphatic heterocycles. The Hall–Kier alpha value is -3.17. The largest absolute Gasteiger partial charge is 0.385 e. The second-order valence-electron chi connectivity index (χ2n) is 9.05. The SMILES string of the molecule is COCCCN(CC(=O)N(CCc1c[nH]c2ccccc12)Cc1ccccc1)S(=O)(=O)c1ccc(Cl)cc1. The molecule has 0 bridgehead atoms. The summed E-state index contributed by atoms with van der Waals surface area (Å²) < 4.78 is 33.4. The highest BCUT2D eigenvalue weighted by Crippen LogP contribution is 2.21. The second kappa shape index (κ2) is 13.1. The van der Waals surface area contributed by atoms with Gasteiger partial charge in [0.2, 0.25) is 15.9 Å². The van der Waals surface area contributed by atoms with Crippen LogP contribution in [0.15, 0.2) is 90.0 Å². The Morgan fingerprint density at radius 2 is 1.66 bits per heavy atom. The first-order valence-corrected chi connectivity index (χ1v) is 14.3. The third kappa shape index (κ3) is 7.02. The third-order valence-electron chi connectivity index (χ3n) is 6.41. The van der Waals surface area contributed by atoms with E-state index < -0.39 is 10.0 Å². The van der Waals surface area contributed by atoms with Crippen LogP contribution in [0.4, 0.5) is 0 Å². The maximum absolute atomic E-state index is 13.7. The predicted molar refractivity (Wildman–Crippen MR) is 151 cm³/mol. The van der Waals surface area contributed by atoms with E-state index in [2.05, 4.69) is 11.1 Å². The molecule has 7 nitrogen and oxygen atoms in total. The molecule has 0 fully saturated rings. The topological polar surface area (TPSA) is 82.7 Å². The molecule has 9 heteroatoms. The summed E-state index contributed by atoms with van der Waals surface area (Å²) in [6.07, 6.45) is 3.07. The van der Waals surface area contributed by atoms with Gasteiger partial charge in [0.1, 0.15) is 0 Å². The fourth-order valence-corrected chi connectivity index (χ4v) is 5.92. The van der Waals surface area contributed by atoms with Gasteiger partial charge in [0.05, 0.1) is 11.4 Å². The minimum atomic E-state index is -3.92. The van der Waals surface area contributed by atoms with Crippen LogP contribution in [-0.2, 0) is 32.5 Å². The molecular formula is C29H32ClN3O4S. The van der Waals surface area contributed by atoms with Gasteiger partial charge in [-0.25, -0.2) is 8.42 Å². The van der Waals surface area contributed by atoms with Crippen LogP contribution < -0.4 is 0 Å². The molecule has 0 spiro atoms. The van der Waals surface area contributed by atoms with E-state index in [0.29, 0.717) is 37.6 Å². The number of aromatic nitrogens is 1. The first-order valence-electron chi connectivity index (χ1n) is 12.5. The van der Waals surface area contributed by atoms with E-state index in [1.807, 2.05) is 54.7 Å². The molecule has 0 radical (unpaired) electrons. The lowest BCUT2D eigenvalue weighted by molar-refractivity contribution is -0.132. The normalized spacial score (nSPS) is 11.8. The van der Waals surface area contributed by atoms with Crippen molar-refractivity contribution < 1.29 is 17.9 Å². The number of methoxy groups -OCH3 is 1. The summed E-state index contributed by atoms with van der Waals surface area (Å²) in [5.41, 5.74) is 3.13. The van der Waals surface area contributed by atoms with Crippen molar-refractivity contribution in [3.63, 3.8) is 0 Å². The van der Waals surface area contributed by atoms with E-state index in [1.54, 1.807) is 12.0 Å². The Bertz CT molecular complexity index is 1440. The van der Waals surface area contributed by atoms with Crippen LogP contribution in [0.3, 0.4) is 0 Å². The number of benzene rings is 3. The molecule has 200 valence electrons. The maximum atomic E-state index is 13.7. The zero-order chi connectivity index (χ0) is 27.0. The number of carbonyl (C=O) groups is 1. The Kier molecular flexibility index (Phi) is 9.58. The molecule has 0 saturated heterocycles. The van der Waals surface area contributed by atoms with Crippen LogP contribution in [0.25, 0.3) is 10.9 Å². The Balaban J connectivity index is 1.57. The van der Waals surface area contributed by atoms with E-state index in [-0.39, 0.29) is 23.9 Å². The van der Waals surface area contributed by atoms with Gasteiger partial charge in [0.15, 0.2) is 0 Å². The number of hydrogen-bond donors (Lipinski definition) is 1. The maximum Gasteiger partial charge on any atom is 0.243 e. The zero-order valence-corrected chi connectivity index (χ0v) is 22.9. The highest BCUT2D eigenvalue weighted by Gasteiger charge is 2.28. The Morgan fingerprint density at radius 3 is 2.39 bits per heavy atom. The van der Waals surface area contributed by atoms with Gasteiger partial charge in [-0.2, -0.15) is 4.31 Å². The van der Waals surface area contributed by atoms with Gasteiger partial charge in [-0.1, -0.05) is 60.1 Å². The summed E-state index contributed by atoms with van der Waals surface area (Å²) in [6, 6.07) is 23.8. The van der Waals surface area contributed by atoms with E-state index in [9.17, 15) is 13.2 Å². The highest BCUT2D eigenvalue weighted by molar-refractivity contribution is 7.89. The standard InChI is InChI=1S/C29H32ClN3O4S/c1-37-19-7-17-33(38(35,36)26-14-12-25(30)13-15-26)22-29(34)32(21-23-8-3-2-4-9-23)18-16-24-20-31-28-11-6-5-10-27(24)28/h2-6,8-15,20,31H,7,16-19,21-22H2,1H3. The van der Waals surface area contributed by atoms with Crippen molar-refractivity contribution in [3.8, 4) is 0 Å². The molecule has 1 heterocycles. The van der Waals surface area contributed by atoms with Crippen LogP contribution in [0.5, 0.6) is 0 Å². The molecule has 1 aromatic heterocycles. The van der Waals surface area contributed by atoms with Crippen molar-refractivity contribution in [2.45, 2.75) is 24.3 Å². The monoisotopic (exact) mass is 553 g/mol. The number of halogens is 1. The van der Waals surface area contributed by atoms with Gasteiger partial charge >= 0.3 is 0 Å². The number of fused-ring (bicyclic) bond motifs is 1. The van der Waals surface area contributed by atoms with Crippen LogP contribution in [-0.4, -0.2) is 61.9 Å². The molecule has 0 aliphatic rings. The lowest BCUT2D eigenvalue weighted by atomic mass is 10.1. The lowest BCUT2D eigenvalue weighted by Crippen LogP contribution is -2.43. The summed E-state index contributed by atoms with van der Waals surface area (Å²) in [5.74, 6) is -0.261. The summed E-state index contributed by atoms with van der Waals surface area (Å²) in [5, 5.41) is 1.56. The van der Waals surface area contributed by atoms with Crippen molar-refractivity contribution in [1.29, 1.82) is 0 Å². The molecule has 0 atom stereocenters. The number of para-hydroxylation sites is 1. The van der Waals surface area contributed by atoms with Gasteiger partial charge < -0.3 is 14.6 Å². The molecule has 0 saturated carbocycles. The van der Waals surface area contributed by atoms with Crippen LogP contribution in [0.2, 0.25) is 5.02 Å². The molecular weight excluding hydrogens is 522 g/mol. The molecule has 3 aromatic carbocycles. The number of aromatic amines is 1. The summed E-state index contributed by atoms with van der Waals surface area (Å²) in [4.78, 5) is 18.8. The highest BCUT2D eigenvalue weighted by atomic mass is 35.5. The number of nitrogens with one attached hydrogen (secondary N) is 1. The number of carbonyl (C=O) groups excluding carboxylic acids is 1. The van der Waals surface area contributed by atoms with E-state index in [0.717, 1.165) is 22.0 Å². The van der Waals surface area contributed by atoms with Gasteiger partial charge in [0.25, 0.3) is 0 Å². The lowest BCUT2D eigenvalue weighted by Gasteiger charge is -2.27. The van der Waals surface area contributed by atoms with E-state index in [1.165, 1.54) is 28.6 Å². The molecule has 1 N–H and O–H groups in total. The predicted octanol–water partition coefficient (Wildman–Crippen LogP) is 5.12. The number of sulfonamides is 1. The quantitative estimate of drug-likeness (QED) is 0.233. The van der Waals surface area contributed by atoms with Crippen molar-refractivity contribution >= 4 is 38.4 Å². The second-order valence-corrected chi connectivity index (χ2v) is 11.4. The van der Waals surface area contributed by atoms with E-state index in [4.69, 9.17) is 16.3 Å². The average molecular weight is 554 g/mol. The van der Waals surface area contributed by atoms with E-state index >= 15 is 0 Å².